The number of ether oxygens (including phenoxy) is 1. The maximum absolute atomic E-state index is 12.6. The first kappa shape index (κ1) is 16.7. The van der Waals surface area contributed by atoms with Crippen LogP contribution in [0, 0.1) is 0 Å². The van der Waals surface area contributed by atoms with Gasteiger partial charge in [-0.05, 0) is 25.0 Å². The number of aromatic nitrogens is 3. The van der Waals surface area contributed by atoms with E-state index in [1.165, 1.54) is 0 Å². The zero-order valence-corrected chi connectivity index (χ0v) is 14.8. The Bertz CT molecular complexity index is 928. The largest absolute Gasteiger partial charge is 0.381 e. The number of aryl methyl sites for hydroxylation is 1. The summed E-state index contributed by atoms with van der Waals surface area (Å²) in [6.07, 6.45) is 5.71. The van der Waals surface area contributed by atoms with Crippen LogP contribution in [0.1, 0.15) is 40.6 Å². The molecule has 0 saturated carbocycles. The minimum absolute atomic E-state index is 0.0945. The van der Waals surface area contributed by atoms with Crippen molar-refractivity contribution in [1.29, 1.82) is 0 Å². The Balaban J connectivity index is 1.47. The van der Waals surface area contributed by atoms with Crippen molar-refractivity contribution in [2.45, 2.75) is 25.3 Å². The number of nitrogens with one attached hydrogen (secondary N) is 1. The third-order valence-electron chi connectivity index (χ3n) is 4.83. The number of carbonyl (C=O) groups is 1. The van der Waals surface area contributed by atoms with Crippen LogP contribution >= 0.6 is 0 Å². The number of hydrogen-bond donors (Lipinski definition) is 1. The first-order valence-electron chi connectivity index (χ1n) is 8.94. The topological polar surface area (TPSA) is 69.0 Å². The molecular formula is C20H22N4O2. The average Bonchev–Trinajstić information content (AvgIpc) is 3.04. The molecule has 6 nitrogen and oxygen atoms in total. The van der Waals surface area contributed by atoms with Crippen LogP contribution in [0.15, 0.2) is 42.7 Å². The number of para-hydroxylation sites is 1. The molecule has 4 rings (SSSR count). The van der Waals surface area contributed by atoms with Crippen molar-refractivity contribution in [3.63, 3.8) is 0 Å². The van der Waals surface area contributed by atoms with Crippen LogP contribution < -0.4 is 5.32 Å². The summed E-state index contributed by atoms with van der Waals surface area (Å²) < 4.78 is 7.49. The van der Waals surface area contributed by atoms with Gasteiger partial charge in [-0.15, -0.1) is 0 Å². The van der Waals surface area contributed by atoms with Gasteiger partial charge < -0.3 is 14.6 Å². The summed E-state index contributed by atoms with van der Waals surface area (Å²) in [7, 11) is 1.95. The van der Waals surface area contributed by atoms with Crippen LogP contribution in [0.25, 0.3) is 10.9 Å². The van der Waals surface area contributed by atoms with Crippen molar-refractivity contribution in [2.24, 2.45) is 7.05 Å². The van der Waals surface area contributed by atoms with Crippen molar-refractivity contribution in [2.75, 3.05) is 13.2 Å². The van der Waals surface area contributed by atoms with Crippen LogP contribution in [0.3, 0.4) is 0 Å². The fourth-order valence-corrected chi connectivity index (χ4v) is 3.44. The molecule has 1 N–H and O–H groups in total. The molecule has 26 heavy (non-hydrogen) atoms. The van der Waals surface area contributed by atoms with E-state index in [2.05, 4.69) is 15.3 Å². The third kappa shape index (κ3) is 3.32. The van der Waals surface area contributed by atoms with Gasteiger partial charge in [0.25, 0.3) is 5.91 Å². The summed E-state index contributed by atoms with van der Waals surface area (Å²) in [6.45, 7) is 1.87. The van der Waals surface area contributed by atoms with Crippen molar-refractivity contribution >= 4 is 16.8 Å². The van der Waals surface area contributed by atoms with Gasteiger partial charge in [0.05, 0.1) is 24.4 Å². The second-order valence-corrected chi connectivity index (χ2v) is 6.67. The highest BCUT2D eigenvalue weighted by Crippen LogP contribution is 2.22. The molecule has 1 amide bonds. The maximum Gasteiger partial charge on any atom is 0.253 e. The fourth-order valence-electron chi connectivity index (χ4n) is 3.44. The first-order chi connectivity index (χ1) is 12.7. The number of rotatable bonds is 4. The van der Waals surface area contributed by atoms with Crippen molar-refractivity contribution in [3.8, 4) is 0 Å². The van der Waals surface area contributed by atoms with E-state index in [1.54, 1.807) is 6.20 Å². The van der Waals surface area contributed by atoms with Gasteiger partial charge in [0.1, 0.15) is 5.82 Å². The van der Waals surface area contributed by atoms with E-state index in [9.17, 15) is 4.79 Å². The van der Waals surface area contributed by atoms with Gasteiger partial charge in [0.2, 0.25) is 0 Å². The fraction of sp³-hybridized carbons (Fsp3) is 0.350. The second kappa shape index (κ2) is 7.25. The molecule has 3 heterocycles. The molecule has 134 valence electrons. The minimum Gasteiger partial charge on any atom is -0.381 e. The first-order valence-corrected chi connectivity index (χ1v) is 8.94. The van der Waals surface area contributed by atoms with Gasteiger partial charge in [-0.2, -0.15) is 0 Å². The maximum atomic E-state index is 12.6. The lowest BCUT2D eigenvalue weighted by Crippen LogP contribution is -2.24. The third-order valence-corrected chi connectivity index (χ3v) is 4.83. The van der Waals surface area contributed by atoms with Gasteiger partial charge in [-0.1, -0.05) is 18.2 Å². The molecule has 0 aliphatic carbocycles. The Kier molecular flexibility index (Phi) is 4.67. The predicted octanol–water partition coefficient (Wildman–Crippen LogP) is 2.79. The van der Waals surface area contributed by atoms with Gasteiger partial charge in [0, 0.05) is 42.9 Å². The molecule has 3 aromatic rings. The zero-order chi connectivity index (χ0) is 17.9. The summed E-state index contributed by atoms with van der Waals surface area (Å²) in [4.78, 5) is 21.6. The summed E-state index contributed by atoms with van der Waals surface area (Å²) in [6, 6.07) is 9.74. The Morgan fingerprint density at radius 2 is 2.23 bits per heavy atom. The van der Waals surface area contributed by atoms with Crippen molar-refractivity contribution in [1.82, 2.24) is 19.9 Å². The highest BCUT2D eigenvalue weighted by molar-refractivity contribution is 6.06. The molecule has 0 spiro atoms. The van der Waals surface area contributed by atoms with Gasteiger partial charge in [-0.3, -0.25) is 4.79 Å². The van der Waals surface area contributed by atoms with Gasteiger partial charge >= 0.3 is 0 Å². The number of fused-ring (bicyclic) bond motifs is 1. The standard InChI is InChI=1S/C20H22N4O2/c1-24-12-17(16-6-2-3-7-18(16)24)20(25)22-11-15-8-9-21-19(23-15)14-5-4-10-26-13-14/h2-3,6-9,12,14H,4-5,10-11,13H2,1H3,(H,22,25)/t14-/m0/s1. The van der Waals surface area contributed by atoms with Crippen LogP contribution in [0.4, 0.5) is 0 Å². The molecule has 1 fully saturated rings. The molecular weight excluding hydrogens is 328 g/mol. The summed E-state index contributed by atoms with van der Waals surface area (Å²) >= 11 is 0. The number of nitrogens with zero attached hydrogens (tertiary/aromatic N) is 3. The van der Waals surface area contributed by atoms with E-state index in [0.717, 1.165) is 41.9 Å². The lowest BCUT2D eigenvalue weighted by atomic mass is 10.0. The quantitative estimate of drug-likeness (QED) is 0.786. The summed E-state index contributed by atoms with van der Waals surface area (Å²) in [5.74, 6) is 0.960. The highest BCUT2D eigenvalue weighted by atomic mass is 16.5. The molecule has 0 unspecified atom stereocenters. The van der Waals surface area contributed by atoms with E-state index in [0.29, 0.717) is 18.7 Å². The Morgan fingerprint density at radius 1 is 1.35 bits per heavy atom. The number of hydrogen-bond acceptors (Lipinski definition) is 4. The van der Waals surface area contributed by atoms with Crippen molar-refractivity contribution < 1.29 is 9.53 Å². The Labute approximate surface area is 152 Å². The Morgan fingerprint density at radius 3 is 3.08 bits per heavy atom. The molecule has 0 bridgehead atoms. The Hall–Kier alpha value is -2.73. The van der Waals surface area contributed by atoms with Crippen LogP contribution in [-0.2, 0) is 18.3 Å². The molecule has 2 aromatic heterocycles. The SMILES string of the molecule is Cn1cc(C(=O)NCc2ccnc([C@H]3CCCOC3)n2)c2ccccc21. The van der Waals surface area contributed by atoms with E-state index in [-0.39, 0.29) is 11.8 Å². The van der Waals surface area contributed by atoms with Gasteiger partial charge in [-0.25, -0.2) is 9.97 Å². The zero-order valence-electron chi connectivity index (χ0n) is 14.8. The molecule has 0 radical (unpaired) electrons. The minimum atomic E-state index is -0.0945. The molecule has 6 heteroatoms. The average molecular weight is 350 g/mol. The van der Waals surface area contributed by atoms with Crippen LogP contribution in [-0.4, -0.2) is 33.7 Å². The van der Waals surface area contributed by atoms with E-state index < -0.39 is 0 Å². The number of benzene rings is 1. The normalized spacial score (nSPS) is 17.3. The molecule has 1 aliphatic rings. The molecule has 1 aromatic carbocycles. The van der Waals surface area contributed by atoms with E-state index in [1.807, 2.05) is 48.1 Å². The van der Waals surface area contributed by atoms with E-state index in [4.69, 9.17) is 4.74 Å². The smallest absolute Gasteiger partial charge is 0.253 e. The predicted molar refractivity (Wildman–Crippen MR) is 98.9 cm³/mol. The highest BCUT2D eigenvalue weighted by Gasteiger charge is 2.19. The number of amides is 1. The number of carbonyl (C=O) groups excluding carboxylic acids is 1. The molecule has 1 aliphatic heterocycles. The molecule has 1 saturated heterocycles. The van der Waals surface area contributed by atoms with Gasteiger partial charge in [0.15, 0.2) is 0 Å². The monoisotopic (exact) mass is 350 g/mol. The summed E-state index contributed by atoms with van der Waals surface area (Å²) in [5.41, 5.74) is 2.53. The lowest BCUT2D eigenvalue weighted by Gasteiger charge is -2.20. The van der Waals surface area contributed by atoms with Crippen LogP contribution in [0.2, 0.25) is 0 Å². The summed E-state index contributed by atoms with van der Waals surface area (Å²) in [5, 5.41) is 3.93. The molecule has 1 atom stereocenters. The lowest BCUT2D eigenvalue weighted by molar-refractivity contribution is 0.0779. The van der Waals surface area contributed by atoms with Crippen molar-refractivity contribution in [3.05, 3.63) is 59.8 Å². The second-order valence-electron chi connectivity index (χ2n) is 6.67. The van der Waals surface area contributed by atoms with E-state index >= 15 is 0 Å². The van der Waals surface area contributed by atoms with Crippen LogP contribution in [0.5, 0.6) is 0 Å².